The Morgan fingerprint density at radius 2 is 2.21 bits per heavy atom. The van der Waals surface area contributed by atoms with Gasteiger partial charge in [-0.25, -0.2) is 4.39 Å². The largest absolute Gasteiger partial charge is 0.452 e. The molecule has 2 rings (SSSR count). The van der Waals surface area contributed by atoms with Crippen molar-refractivity contribution in [1.82, 2.24) is 4.98 Å². The first-order valence-corrected chi connectivity index (χ1v) is 4.46. The SMILES string of the molecule is C=C(F)c1cc2ccncc2o1.CC. The number of pyridine rings is 1. The molecule has 0 fully saturated rings. The maximum absolute atomic E-state index is 12.6. The summed E-state index contributed by atoms with van der Waals surface area (Å²) in [5.74, 6) is -0.399. The van der Waals surface area contributed by atoms with Gasteiger partial charge in [0.05, 0.1) is 6.20 Å². The fraction of sp³-hybridized carbons (Fsp3) is 0.182. The van der Waals surface area contributed by atoms with Gasteiger partial charge in [0, 0.05) is 11.6 Å². The second kappa shape index (κ2) is 4.56. The van der Waals surface area contributed by atoms with E-state index in [0.717, 1.165) is 5.39 Å². The molecule has 0 saturated carbocycles. The van der Waals surface area contributed by atoms with Crippen LogP contribution < -0.4 is 0 Å². The third-order valence-corrected chi connectivity index (χ3v) is 1.59. The summed E-state index contributed by atoms with van der Waals surface area (Å²) in [6, 6.07) is 3.35. The Labute approximate surface area is 82.1 Å². The van der Waals surface area contributed by atoms with Crippen LogP contribution >= 0.6 is 0 Å². The molecule has 0 unspecified atom stereocenters. The highest BCUT2D eigenvalue weighted by Gasteiger charge is 2.04. The summed E-state index contributed by atoms with van der Waals surface area (Å²) >= 11 is 0. The predicted molar refractivity (Wildman–Crippen MR) is 55.5 cm³/mol. The maximum Gasteiger partial charge on any atom is 0.163 e. The van der Waals surface area contributed by atoms with Crippen molar-refractivity contribution in [3.8, 4) is 0 Å². The first kappa shape index (κ1) is 10.4. The Kier molecular flexibility index (Phi) is 3.40. The standard InChI is InChI=1S/C9H6FNO.C2H6/c1-6(10)8-4-7-2-3-11-5-9(7)12-8;1-2/h2-5H,1H2;1-2H3. The molecule has 2 heterocycles. The van der Waals surface area contributed by atoms with Gasteiger partial charge in [-0.05, 0) is 12.1 Å². The molecule has 0 aliphatic heterocycles. The summed E-state index contributed by atoms with van der Waals surface area (Å²) in [6.45, 7) is 7.14. The molecular formula is C11H12FNO. The normalized spacial score (nSPS) is 9.36. The molecule has 0 atom stereocenters. The van der Waals surface area contributed by atoms with Crippen molar-refractivity contribution in [3.05, 3.63) is 36.9 Å². The summed E-state index contributed by atoms with van der Waals surface area (Å²) in [5.41, 5.74) is 0.575. The summed E-state index contributed by atoms with van der Waals surface area (Å²) in [4.78, 5) is 3.84. The monoisotopic (exact) mass is 193 g/mol. The lowest BCUT2D eigenvalue weighted by Gasteiger charge is -1.84. The molecule has 0 bridgehead atoms. The number of nitrogens with zero attached hydrogens (tertiary/aromatic N) is 1. The van der Waals surface area contributed by atoms with Gasteiger partial charge in [-0.1, -0.05) is 20.4 Å². The van der Waals surface area contributed by atoms with Gasteiger partial charge in [-0.15, -0.1) is 0 Å². The van der Waals surface area contributed by atoms with Crippen molar-refractivity contribution in [2.75, 3.05) is 0 Å². The highest BCUT2D eigenvalue weighted by Crippen LogP contribution is 2.22. The zero-order valence-electron chi connectivity index (χ0n) is 8.25. The second-order valence-corrected chi connectivity index (χ2v) is 2.43. The fourth-order valence-corrected chi connectivity index (χ4v) is 1.02. The lowest BCUT2D eigenvalue weighted by atomic mass is 10.3. The lowest BCUT2D eigenvalue weighted by molar-refractivity contribution is 0.570. The van der Waals surface area contributed by atoms with Crippen molar-refractivity contribution >= 4 is 16.8 Å². The first-order valence-electron chi connectivity index (χ1n) is 4.46. The zero-order valence-corrected chi connectivity index (χ0v) is 8.25. The van der Waals surface area contributed by atoms with E-state index in [2.05, 4.69) is 11.6 Å². The minimum Gasteiger partial charge on any atom is -0.452 e. The number of halogens is 1. The second-order valence-electron chi connectivity index (χ2n) is 2.43. The number of furan rings is 1. The summed E-state index contributed by atoms with van der Waals surface area (Å²) in [6.07, 6.45) is 3.17. The zero-order chi connectivity index (χ0) is 10.6. The molecule has 0 aromatic carbocycles. The number of fused-ring (bicyclic) bond motifs is 1. The summed E-state index contributed by atoms with van der Waals surface area (Å²) < 4.78 is 17.7. The van der Waals surface area contributed by atoms with Crippen molar-refractivity contribution in [2.24, 2.45) is 0 Å². The van der Waals surface area contributed by atoms with E-state index in [1.54, 1.807) is 24.5 Å². The fourth-order valence-electron chi connectivity index (χ4n) is 1.02. The van der Waals surface area contributed by atoms with Crippen LogP contribution in [0, 0.1) is 0 Å². The van der Waals surface area contributed by atoms with Gasteiger partial charge in [0.2, 0.25) is 0 Å². The Morgan fingerprint density at radius 3 is 2.79 bits per heavy atom. The average molecular weight is 193 g/mol. The molecule has 0 N–H and O–H groups in total. The van der Waals surface area contributed by atoms with Crippen LogP contribution in [0.4, 0.5) is 4.39 Å². The molecule has 0 saturated heterocycles. The van der Waals surface area contributed by atoms with Gasteiger partial charge in [0.25, 0.3) is 0 Å². The first-order chi connectivity index (χ1) is 6.77. The molecule has 2 aromatic rings. The lowest BCUT2D eigenvalue weighted by Crippen LogP contribution is -1.65. The Balaban J connectivity index is 0.000000461. The van der Waals surface area contributed by atoms with E-state index in [-0.39, 0.29) is 5.76 Å². The van der Waals surface area contributed by atoms with Crippen molar-refractivity contribution in [1.29, 1.82) is 0 Å². The van der Waals surface area contributed by atoms with E-state index in [1.165, 1.54) is 0 Å². The van der Waals surface area contributed by atoms with Crippen molar-refractivity contribution < 1.29 is 8.81 Å². The Hall–Kier alpha value is -1.64. The predicted octanol–water partition coefficient (Wildman–Crippen LogP) is 3.79. The highest BCUT2D eigenvalue weighted by atomic mass is 19.1. The smallest absolute Gasteiger partial charge is 0.163 e. The molecule has 0 aliphatic carbocycles. The Morgan fingerprint density at radius 1 is 1.50 bits per heavy atom. The van der Waals surface area contributed by atoms with E-state index in [4.69, 9.17) is 4.42 Å². The third-order valence-electron chi connectivity index (χ3n) is 1.59. The van der Waals surface area contributed by atoms with Gasteiger partial charge in [-0.3, -0.25) is 4.98 Å². The van der Waals surface area contributed by atoms with E-state index in [0.29, 0.717) is 5.58 Å². The molecule has 0 spiro atoms. The minimum atomic E-state index is -0.564. The van der Waals surface area contributed by atoms with Gasteiger partial charge >= 0.3 is 0 Å². The number of aromatic nitrogens is 1. The van der Waals surface area contributed by atoms with Crippen LogP contribution in [-0.4, -0.2) is 4.98 Å². The molecular weight excluding hydrogens is 181 g/mol. The van der Waals surface area contributed by atoms with Gasteiger partial charge in [0.1, 0.15) is 0 Å². The van der Waals surface area contributed by atoms with Crippen LogP contribution in [0.2, 0.25) is 0 Å². The molecule has 14 heavy (non-hydrogen) atoms. The molecule has 2 nitrogen and oxygen atoms in total. The van der Waals surface area contributed by atoms with Crippen LogP contribution in [0.1, 0.15) is 19.6 Å². The summed E-state index contributed by atoms with van der Waals surface area (Å²) in [7, 11) is 0. The van der Waals surface area contributed by atoms with Crippen molar-refractivity contribution in [2.45, 2.75) is 13.8 Å². The molecule has 3 heteroatoms. The third kappa shape index (κ3) is 1.99. The Bertz CT molecular complexity index is 401. The van der Waals surface area contributed by atoms with Crippen LogP contribution in [-0.2, 0) is 0 Å². The van der Waals surface area contributed by atoms with E-state index in [9.17, 15) is 4.39 Å². The van der Waals surface area contributed by atoms with Crippen LogP contribution in [0.15, 0.2) is 35.5 Å². The molecule has 0 amide bonds. The van der Waals surface area contributed by atoms with Gasteiger partial charge in [-0.2, -0.15) is 0 Å². The number of hydrogen-bond acceptors (Lipinski definition) is 2. The van der Waals surface area contributed by atoms with Gasteiger partial charge < -0.3 is 4.42 Å². The average Bonchev–Trinajstić information content (AvgIpc) is 2.64. The van der Waals surface area contributed by atoms with Crippen LogP contribution in [0.3, 0.4) is 0 Å². The van der Waals surface area contributed by atoms with E-state index in [1.807, 2.05) is 13.8 Å². The van der Waals surface area contributed by atoms with Crippen LogP contribution in [0.25, 0.3) is 16.8 Å². The highest BCUT2D eigenvalue weighted by molar-refractivity contribution is 5.79. The molecule has 0 radical (unpaired) electrons. The van der Waals surface area contributed by atoms with E-state index < -0.39 is 5.83 Å². The van der Waals surface area contributed by atoms with Crippen LogP contribution in [0.5, 0.6) is 0 Å². The number of rotatable bonds is 1. The molecule has 2 aromatic heterocycles. The van der Waals surface area contributed by atoms with E-state index >= 15 is 0 Å². The number of hydrogen-bond donors (Lipinski definition) is 0. The molecule has 0 aliphatic rings. The maximum atomic E-state index is 12.6. The van der Waals surface area contributed by atoms with Gasteiger partial charge in [0.15, 0.2) is 17.2 Å². The quantitative estimate of drug-likeness (QED) is 0.688. The topological polar surface area (TPSA) is 26.0 Å². The molecule has 74 valence electrons. The van der Waals surface area contributed by atoms with Crippen molar-refractivity contribution in [3.63, 3.8) is 0 Å². The summed E-state index contributed by atoms with van der Waals surface area (Å²) in [5, 5.41) is 0.832. The minimum absolute atomic E-state index is 0.165.